The first-order valence-corrected chi connectivity index (χ1v) is 7.04. The van der Waals surface area contributed by atoms with Crippen molar-refractivity contribution >= 4 is 33.7 Å². The maximum atomic E-state index is 11.4. The molecule has 92 valence electrons. The van der Waals surface area contributed by atoms with Crippen molar-refractivity contribution in [1.82, 2.24) is 0 Å². The first kappa shape index (κ1) is 13.2. The quantitative estimate of drug-likeness (QED) is 0.849. The van der Waals surface area contributed by atoms with Crippen LogP contribution in [0, 0.1) is 0 Å². The van der Waals surface area contributed by atoms with Crippen LogP contribution in [0.15, 0.2) is 64.0 Å². The maximum absolute atomic E-state index is 11.4. The van der Waals surface area contributed by atoms with Gasteiger partial charge in [0.25, 0.3) is 0 Å². The number of aliphatic carboxylic acids is 1. The lowest BCUT2D eigenvalue weighted by Gasteiger charge is -2.13. The van der Waals surface area contributed by atoms with E-state index in [0.29, 0.717) is 0 Å². The molecule has 2 aromatic carbocycles. The number of hydrogen-bond donors (Lipinski definition) is 1. The fourth-order valence-electron chi connectivity index (χ4n) is 1.56. The molecule has 0 saturated carbocycles. The summed E-state index contributed by atoms with van der Waals surface area (Å²) in [5, 5.41) is 8.75. The predicted molar refractivity (Wildman–Crippen MR) is 76.8 cm³/mol. The van der Waals surface area contributed by atoms with Crippen molar-refractivity contribution < 1.29 is 9.90 Å². The molecule has 0 bridgehead atoms. The largest absolute Gasteiger partial charge is 0.480 e. The molecule has 4 heteroatoms. The summed E-state index contributed by atoms with van der Waals surface area (Å²) in [6, 6.07) is 16.9. The third kappa shape index (κ3) is 3.15. The summed E-state index contributed by atoms with van der Waals surface area (Å²) >= 11 is 4.76. The Balaban J connectivity index is 2.28. The fourth-order valence-corrected chi connectivity index (χ4v) is 3.11. The zero-order valence-corrected chi connectivity index (χ0v) is 11.8. The summed E-state index contributed by atoms with van der Waals surface area (Å²) in [6.07, 6.45) is 0. The third-order valence-corrected chi connectivity index (χ3v) is 4.68. The molecule has 2 rings (SSSR count). The Morgan fingerprint density at radius 2 is 1.67 bits per heavy atom. The van der Waals surface area contributed by atoms with E-state index in [-0.39, 0.29) is 0 Å². The third-order valence-electron chi connectivity index (χ3n) is 2.41. The van der Waals surface area contributed by atoms with Crippen molar-refractivity contribution in [3.05, 3.63) is 64.6 Å². The van der Waals surface area contributed by atoms with Gasteiger partial charge in [-0.1, -0.05) is 42.5 Å². The van der Waals surface area contributed by atoms with Crippen molar-refractivity contribution in [2.75, 3.05) is 0 Å². The Morgan fingerprint density at radius 1 is 1.06 bits per heavy atom. The second-order valence-corrected chi connectivity index (χ2v) is 5.68. The number of carboxylic acids is 1. The van der Waals surface area contributed by atoms with Gasteiger partial charge in [-0.05, 0) is 33.6 Å². The minimum Gasteiger partial charge on any atom is -0.480 e. The maximum Gasteiger partial charge on any atom is 0.321 e. The monoisotopic (exact) mass is 322 g/mol. The van der Waals surface area contributed by atoms with E-state index in [4.69, 9.17) is 0 Å². The van der Waals surface area contributed by atoms with Gasteiger partial charge in [-0.15, -0.1) is 11.8 Å². The average molecular weight is 323 g/mol. The highest BCUT2D eigenvalue weighted by atomic mass is 79.9. The smallest absolute Gasteiger partial charge is 0.321 e. The molecule has 0 spiro atoms. The lowest BCUT2D eigenvalue weighted by molar-refractivity contribution is -0.136. The number of hydrogen-bond acceptors (Lipinski definition) is 2. The average Bonchev–Trinajstić information content (AvgIpc) is 2.38. The molecule has 2 aromatic rings. The van der Waals surface area contributed by atoms with Gasteiger partial charge in [-0.2, -0.15) is 0 Å². The van der Waals surface area contributed by atoms with Gasteiger partial charge in [0, 0.05) is 9.37 Å². The van der Waals surface area contributed by atoms with Gasteiger partial charge in [0.15, 0.2) is 0 Å². The zero-order chi connectivity index (χ0) is 13.0. The van der Waals surface area contributed by atoms with E-state index < -0.39 is 11.2 Å². The molecule has 1 unspecified atom stereocenters. The molecular formula is C14H11BrO2S. The highest BCUT2D eigenvalue weighted by molar-refractivity contribution is 9.10. The Hall–Kier alpha value is -1.26. The van der Waals surface area contributed by atoms with Crippen LogP contribution in [0.5, 0.6) is 0 Å². The standard InChI is InChI=1S/C14H11BrO2S/c15-11-8-4-5-9-12(11)18-13(14(16)17)10-6-2-1-3-7-10/h1-9,13H,(H,16,17). The van der Waals surface area contributed by atoms with E-state index in [1.165, 1.54) is 11.8 Å². The van der Waals surface area contributed by atoms with Gasteiger partial charge < -0.3 is 5.11 Å². The molecule has 0 amide bonds. The summed E-state index contributed by atoms with van der Waals surface area (Å²) < 4.78 is 0.914. The zero-order valence-electron chi connectivity index (χ0n) is 9.42. The molecule has 0 aromatic heterocycles. The molecule has 0 fully saturated rings. The van der Waals surface area contributed by atoms with Crippen LogP contribution in [-0.2, 0) is 4.79 Å². The molecule has 1 N–H and O–H groups in total. The molecule has 0 aliphatic rings. The van der Waals surface area contributed by atoms with Crippen LogP contribution in [0.25, 0.3) is 0 Å². The molecule has 0 aliphatic carbocycles. The molecule has 18 heavy (non-hydrogen) atoms. The second-order valence-electron chi connectivity index (χ2n) is 3.68. The number of carbonyl (C=O) groups is 1. The van der Waals surface area contributed by atoms with Crippen molar-refractivity contribution in [2.45, 2.75) is 10.1 Å². The number of rotatable bonds is 4. The van der Waals surface area contributed by atoms with E-state index in [0.717, 1.165) is 14.9 Å². The molecule has 1 atom stereocenters. The first-order chi connectivity index (χ1) is 8.68. The number of thioether (sulfide) groups is 1. The van der Waals surface area contributed by atoms with Gasteiger partial charge in [-0.3, -0.25) is 4.79 Å². The SMILES string of the molecule is O=C(O)C(Sc1ccccc1Br)c1ccccc1. The van der Waals surface area contributed by atoms with E-state index in [2.05, 4.69) is 15.9 Å². The van der Waals surface area contributed by atoms with E-state index in [9.17, 15) is 9.90 Å². The normalized spacial score (nSPS) is 12.1. The van der Waals surface area contributed by atoms with Crippen LogP contribution >= 0.6 is 27.7 Å². The van der Waals surface area contributed by atoms with Crippen LogP contribution < -0.4 is 0 Å². The molecule has 0 saturated heterocycles. The predicted octanol–water partition coefficient (Wildman–Crippen LogP) is 4.37. The van der Waals surface area contributed by atoms with Crippen LogP contribution in [0.4, 0.5) is 0 Å². The molecule has 2 nitrogen and oxygen atoms in total. The Labute approximate surface area is 118 Å². The van der Waals surface area contributed by atoms with Crippen LogP contribution in [0.1, 0.15) is 10.8 Å². The highest BCUT2D eigenvalue weighted by Gasteiger charge is 2.21. The Morgan fingerprint density at radius 3 is 2.28 bits per heavy atom. The fraction of sp³-hybridized carbons (Fsp3) is 0.0714. The summed E-state index contributed by atoms with van der Waals surface area (Å²) in [4.78, 5) is 12.3. The van der Waals surface area contributed by atoms with E-state index >= 15 is 0 Å². The molecule has 0 aliphatic heterocycles. The van der Waals surface area contributed by atoms with Gasteiger partial charge in [-0.25, -0.2) is 0 Å². The van der Waals surface area contributed by atoms with E-state index in [1.54, 1.807) is 0 Å². The summed E-state index contributed by atoms with van der Waals surface area (Å²) in [5.41, 5.74) is 0.797. The molecule has 0 heterocycles. The number of carboxylic acid groups (broad SMARTS) is 1. The lowest BCUT2D eigenvalue weighted by Crippen LogP contribution is -2.07. The molecule has 0 radical (unpaired) electrons. The molecular weight excluding hydrogens is 312 g/mol. The van der Waals surface area contributed by atoms with Crippen LogP contribution in [0.2, 0.25) is 0 Å². The number of halogens is 1. The van der Waals surface area contributed by atoms with E-state index in [1.807, 2.05) is 54.6 Å². The van der Waals surface area contributed by atoms with Gasteiger partial charge in [0.05, 0.1) is 0 Å². The van der Waals surface area contributed by atoms with Crippen molar-refractivity contribution in [3.8, 4) is 0 Å². The van der Waals surface area contributed by atoms with Crippen LogP contribution in [0.3, 0.4) is 0 Å². The Kier molecular flexibility index (Phi) is 4.44. The van der Waals surface area contributed by atoms with Gasteiger partial charge in [0.2, 0.25) is 0 Å². The first-order valence-electron chi connectivity index (χ1n) is 5.37. The Bertz CT molecular complexity index is 543. The van der Waals surface area contributed by atoms with Crippen LogP contribution in [-0.4, -0.2) is 11.1 Å². The van der Waals surface area contributed by atoms with Crippen molar-refractivity contribution in [1.29, 1.82) is 0 Å². The summed E-state index contributed by atoms with van der Waals surface area (Å²) in [6.45, 7) is 0. The minimum atomic E-state index is -0.832. The second kappa shape index (κ2) is 6.07. The lowest BCUT2D eigenvalue weighted by atomic mass is 10.1. The highest BCUT2D eigenvalue weighted by Crippen LogP contribution is 2.38. The van der Waals surface area contributed by atoms with Gasteiger partial charge in [0.1, 0.15) is 5.25 Å². The minimum absolute atomic E-state index is 0.593. The van der Waals surface area contributed by atoms with Crippen molar-refractivity contribution in [3.63, 3.8) is 0 Å². The number of benzene rings is 2. The van der Waals surface area contributed by atoms with Crippen molar-refractivity contribution in [2.24, 2.45) is 0 Å². The summed E-state index contributed by atoms with van der Waals surface area (Å²) in [5.74, 6) is -0.832. The summed E-state index contributed by atoms with van der Waals surface area (Å²) in [7, 11) is 0. The van der Waals surface area contributed by atoms with Gasteiger partial charge >= 0.3 is 5.97 Å². The topological polar surface area (TPSA) is 37.3 Å².